The lowest BCUT2D eigenvalue weighted by molar-refractivity contribution is 0.0522. The molecule has 0 spiro atoms. The van der Waals surface area contributed by atoms with Gasteiger partial charge in [-0.3, -0.25) is 0 Å². The average molecular weight is 357 g/mol. The first-order valence-corrected chi connectivity index (χ1v) is 7.95. The molecule has 0 heterocycles. The van der Waals surface area contributed by atoms with Crippen LogP contribution in [0.15, 0.2) is 28.7 Å². The quantitative estimate of drug-likeness (QED) is 0.837. The van der Waals surface area contributed by atoms with Gasteiger partial charge >= 0.3 is 6.09 Å². The molecule has 0 aliphatic heterocycles. The van der Waals surface area contributed by atoms with E-state index in [2.05, 4.69) is 45.6 Å². The second-order valence-electron chi connectivity index (χ2n) is 6.23. The molecule has 1 amide bonds. The summed E-state index contributed by atoms with van der Waals surface area (Å²) in [4.78, 5) is 11.6. The van der Waals surface area contributed by atoms with Crippen molar-refractivity contribution in [2.75, 3.05) is 6.54 Å². The lowest BCUT2D eigenvalue weighted by atomic mass is 10.1. The minimum atomic E-state index is -0.468. The minimum Gasteiger partial charge on any atom is -0.444 e. The SMILES string of the molecule is CC(CNC(=O)OC(C)(C)C)N[C@@H](C)c1cccc(Br)c1. The highest BCUT2D eigenvalue weighted by Crippen LogP contribution is 2.18. The maximum atomic E-state index is 11.6. The van der Waals surface area contributed by atoms with Crippen molar-refractivity contribution in [2.24, 2.45) is 0 Å². The molecule has 2 N–H and O–H groups in total. The van der Waals surface area contributed by atoms with Gasteiger partial charge in [-0.15, -0.1) is 0 Å². The van der Waals surface area contributed by atoms with E-state index in [0.29, 0.717) is 6.54 Å². The molecule has 1 unspecified atom stereocenters. The molecule has 5 heteroatoms. The third-order valence-corrected chi connectivity index (χ3v) is 3.33. The largest absolute Gasteiger partial charge is 0.444 e. The van der Waals surface area contributed by atoms with Crippen molar-refractivity contribution in [3.63, 3.8) is 0 Å². The molecule has 1 aromatic carbocycles. The maximum Gasteiger partial charge on any atom is 0.407 e. The smallest absolute Gasteiger partial charge is 0.407 e. The van der Waals surface area contributed by atoms with Crippen LogP contribution in [-0.2, 0) is 4.74 Å². The molecule has 0 aromatic heterocycles. The Labute approximate surface area is 135 Å². The predicted octanol–water partition coefficient (Wildman–Crippen LogP) is 4.01. The van der Waals surface area contributed by atoms with Gasteiger partial charge in [0.05, 0.1) is 0 Å². The molecule has 0 aliphatic carbocycles. The van der Waals surface area contributed by atoms with E-state index < -0.39 is 5.60 Å². The van der Waals surface area contributed by atoms with Crippen molar-refractivity contribution >= 4 is 22.0 Å². The Bertz CT molecular complexity index is 472. The number of amides is 1. The summed E-state index contributed by atoms with van der Waals surface area (Å²) in [6, 6.07) is 8.54. The number of ether oxygens (including phenoxy) is 1. The summed E-state index contributed by atoms with van der Waals surface area (Å²) in [6.07, 6.45) is -0.383. The Hall–Kier alpha value is -1.07. The van der Waals surface area contributed by atoms with Crippen molar-refractivity contribution in [3.05, 3.63) is 34.3 Å². The Morgan fingerprint density at radius 2 is 2.00 bits per heavy atom. The van der Waals surface area contributed by atoms with Gasteiger partial charge in [0, 0.05) is 23.1 Å². The summed E-state index contributed by atoms with van der Waals surface area (Å²) < 4.78 is 6.27. The van der Waals surface area contributed by atoms with Crippen LogP contribution in [0.1, 0.15) is 46.2 Å². The van der Waals surface area contributed by atoms with E-state index in [0.717, 1.165) is 4.47 Å². The Balaban J connectivity index is 2.40. The lowest BCUT2D eigenvalue weighted by Crippen LogP contribution is -2.41. The highest BCUT2D eigenvalue weighted by molar-refractivity contribution is 9.10. The van der Waals surface area contributed by atoms with Crippen LogP contribution in [0, 0.1) is 0 Å². The van der Waals surface area contributed by atoms with Crippen molar-refractivity contribution < 1.29 is 9.53 Å². The maximum absolute atomic E-state index is 11.6. The van der Waals surface area contributed by atoms with Crippen LogP contribution in [0.3, 0.4) is 0 Å². The molecule has 0 saturated carbocycles. The average Bonchev–Trinajstić information content (AvgIpc) is 2.34. The zero-order valence-corrected chi connectivity index (χ0v) is 15.0. The van der Waals surface area contributed by atoms with Gasteiger partial charge < -0.3 is 15.4 Å². The number of carbonyl (C=O) groups is 1. The highest BCUT2D eigenvalue weighted by Gasteiger charge is 2.17. The number of alkyl carbamates (subject to hydrolysis) is 1. The fraction of sp³-hybridized carbons (Fsp3) is 0.562. The first-order valence-electron chi connectivity index (χ1n) is 7.16. The van der Waals surface area contributed by atoms with Crippen molar-refractivity contribution in [2.45, 2.75) is 52.3 Å². The van der Waals surface area contributed by atoms with Crippen LogP contribution in [-0.4, -0.2) is 24.3 Å². The van der Waals surface area contributed by atoms with Gasteiger partial charge in [0.2, 0.25) is 0 Å². The van der Waals surface area contributed by atoms with Crippen molar-refractivity contribution in [1.29, 1.82) is 0 Å². The molecule has 0 fully saturated rings. The van der Waals surface area contributed by atoms with E-state index in [4.69, 9.17) is 4.74 Å². The van der Waals surface area contributed by atoms with Gasteiger partial charge in [0.15, 0.2) is 0 Å². The fourth-order valence-corrected chi connectivity index (χ4v) is 2.33. The Morgan fingerprint density at radius 3 is 2.57 bits per heavy atom. The zero-order valence-electron chi connectivity index (χ0n) is 13.4. The molecule has 0 bridgehead atoms. The van der Waals surface area contributed by atoms with Gasteiger partial charge in [-0.2, -0.15) is 0 Å². The van der Waals surface area contributed by atoms with E-state index in [1.54, 1.807) is 0 Å². The zero-order chi connectivity index (χ0) is 16.0. The normalized spacial score (nSPS) is 14.4. The number of rotatable bonds is 5. The molecule has 0 radical (unpaired) electrons. The van der Waals surface area contributed by atoms with Crippen LogP contribution in [0.4, 0.5) is 4.79 Å². The number of hydrogen-bond donors (Lipinski definition) is 2. The van der Waals surface area contributed by atoms with Crippen molar-refractivity contribution in [1.82, 2.24) is 10.6 Å². The molecule has 0 aliphatic rings. The summed E-state index contributed by atoms with van der Waals surface area (Å²) in [5.41, 5.74) is 0.734. The van der Waals surface area contributed by atoms with Gasteiger partial charge in [-0.05, 0) is 52.3 Å². The second kappa shape index (κ2) is 7.80. The number of carbonyl (C=O) groups excluding carboxylic acids is 1. The monoisotopic (exact) mass is 356 g/mol. The number of halogens is 1. The second-order valence-corrected chi connectivity index (χ2v) is 7.14. The minimum absolute atomic E-state index is 0.145. The summed E-state index contributed by atoms with van der Waals surface area (Å²) in [5, 5.41) is 6.22. The van der Waals surface area contributed by atoms with Crippen LogP contribution in [0.5, 0.6) is 0 Å². The van der Waals surface area contributed by atoms with Crippen LogP contribution >= 0.6 is 15.9 Å². The Morgan fingerprint density at radius 1 is 1.33 bits per heavy atom. The van der Waals surface area contributed by atoms with E-state index in [1.807, 2.05) is 39.8 Å². The summed E-state index contributed by atoms with van der Waals surface area (Å²) in [5.74, 6) is 0. The first-order chi connectivity index (χ1) is 9.67. The van der Waals surface area contributed by atoms with Crippen molar-refractivity contribution in [3.8, 4) is 0 Å². The van der Waals surface area contributed by atoms with E-state index in [9.17, 15) is 4.79 Å². The molecule has 4 nitrogen and oxygen atoms in total. The van der Waals surface area contributed by atoms with Crippen LogP contribution in [0.2, 0.25) is 0 Å². The van der Waals surface area contributed by atoms with E-state index >= 15 is 0 Å². The van der Waals surface area contributed by atoms with Crippen LogP contribution in [0.25, 0.3) is 0 Å². The molecule has 2 atom stereocenters. The topological polar surface area (TPSA) is 50.4 Å². The molecule has 1 rings (SSSR count). The summed E-state index contributed by atoms with van der Waals surface area (Å²) >= 11 is 3.47. The molecule has 118 valence electrons. The molecular weight excluding hydrogens is 332 g/mol. The van der Waals surface area contributed by atoms with E-state index in [-0.39, 0.29) is 18.2 Å². The third kappa shape index (κ3) is 7.48. The van der Waals surface area contributed by atoms with E-state index in [1.165, 1.54) is 5.56 Å². The molecular formula is C16H25BrN2O2. The summed E-state index contributed by atoms with van der Waals surface area (Å²) in [7, 11) is 0. The fourth-order valence-electron chi connectivity index (χ4n) is 1.91. The molecule has 0 saturated heterocycles. The number of hydrogen-bond acceptors (Lipinski definition) is 3. The third-order valence-electron chi connectivity index (χ3n) is 2.83. The molecule has 1 aromatic rings. The number of nitrogens with one attached hydrogen (secondary N) is 2. The van der Waals surface area contributed by atoms with Gasteiger partial charge in [-0.1, -0.05) is 28.1 Å². The van der Waals surface area contributed by atoms with Gasteiger partial charge in [0.1, 0.15) is 5.60 Å². The highest BCUT2D eigenvalue weighted by atomic mass is 79.9. The lowest BCUT2D eigenvalue weighted by Gasteiger charge is -2.23. The number of benzene rings is 1. The predicted molar refractivity (Wildman–Crippen MR) is 89.4 cm³/mol. The summed E-state index contributed by atoms with van der Waals surface area (Å²) in [6.45, 7) is 10.2. The van der Waals surface area contributed by atoms with Gasteiger partial charge in [0.25, 0.3) is 0 Å². The van der Waals surface area contributed by atoms with Crippen LogP contribution < -0.4 is 10.6 Å². The standard InChI is InChI=1S/C16H25BrN2O2/c1-11(10-18-15(20)21-16(3,4)5)19-12(2)13-7-6-8-14(17)9-13/h6-9,11-12,19H,10H2,1-5H3,(H,18,20)/t11?,12-/m0/s1. The Kier molecular flexibility index (Phi) is 6.68. The van der Waals surface area contributed by atoms with Gasteiger partial charge in [-0.25, -0.2) is 4.79 Å². The first kappa shape index (κ1) is 18.0. The molecule has 21 heavy (non-hydrogen) atoms.